The van der Waals surface area contributed by atoms with Crippen LogP contribution in [0, 0.1) is 0 Å². The third kappa shape index (κ3) is 4.32. The van der Waals surface area contributed by atoms with Crippen LogP contribution in [-0.2, 0) is 21.2 Å². The zero-order valence-electron chi connectivity index (χ0n) is 17.9. The van der Waals surface area contributed by atoms with Gasteiger partial charge in [0, 0.05) is 32.6 Å². The molecule has 0 saturated carbocycles. The molecule has 1 aromatic heterocycles. The first-order valence-electron chi connectivity index (χ1n) is 9.64. The lowest BCUT2D eigenvalue weighted by Gasteiger charge is -2.22. The number of carboxylic acid groups (broad SMARTS) is 1. The summed E-state index contributed by atoms with van der Waals surface area (Å²) in [7, 11) is 0.0621. The molecule has 8 nitrogen and oxygen atoms in total. The average molecular weight is 444 g/mol. The third-order valence-electron chi connectivity index (χ3n) is 5.64. The van der Waals surface area contributed by atoms with Crippen LogP contribution < -0.4 is 10.5 Å². The van der Waals surface area contributed by atoms with Gasteiger partial charge in [0.2, 0.25) is 0 Å². The minimum atomic E-state index is -3.87. The van der Waals surface area contributed by atoms with Crippen molar-refractivity contribution in [1.82, 2.24) is 9.55 Å². The van der Waals surface area contributed by atoms with Gasteiger partial charge in [0.1, 0.15) is 0 Å². The van der Waals surface area contributed by atoms with Gasteiger partial charge in [-0.15, -0.1) is 0 Å². The standard InChI is InChI=1S/C22H25N3O5S/c1-22(21(27)28,31(4,29)30)11-12-25-14-23-19-13-16(7-10-18(19)20(25)26)15-5-8-17(9-6-15)24(2)3/h5-10,13-14H,11-12H2,1-4H3,(H,27,28). The molecule has 1 atom stereocenters. The summed E-state index contributed by atoms with van der Waals surface area (Å²) in [6, 6.07) is 13.3. The lowest BCUT2D eigenvalue weighted by molar-refractivity contribution is -0.139. The molecule has 0 aliphatic heterocycles. The monoisotopic (exact) mass is 443 g/mol. The molecule has 1 N–H and O–H groups in total. The minimum absolute atomic E-state index is 0.0780. The number of aliphatic carboxylic acids is 1. The maximum Gasteiger partial charge on any atom is 0.324 e. The second-order valence-corrected chi connectivity index (χ2v) is 10.4. The summed E-state index contributed by atoms with van der Waals surface area (Å²) < 4.78 is 23.2. The molecular weight excluding hydrogens is 418 g/mol. The van der Waals surface area contributed by atoms with Crippen molar-refractivity contribution in [3.8, 4) is 11.1 Å². The van der Waals surface area contributed by atoms with Gasteiger partial charge < -0.3 is 10.0 Å². The highest BCUT2D eigenvalue weighted by atomic mass is 32.2. The van der Waals surface area contributed by atoms with Crippen LogP contribution in [-0.4, -0.2) is 54.1 Å². The third-order valence-corrected chi connectivity index (χ3v) is 7.66. The van der Waals surface area contributed by atoms with Crippen LogP contribution in [0.3, 0.4) is 0 Å². The number of nitrogens with zero attached hydrogens (tertiary/aromatic N) is 3. The fourth-order valence-corrected chi connectivity index (χ4v) is 4.01. The Bertz CT molecular complexity index is 1300. The van der Waals surface area contributed by atoms with Crippen molar-refractivity contribution in [2.24, 2.45) is 0 Å². The number of fused-ring (bicyclic) bond motifs is 1. The van der Waals surface area contributed by atoms with Gasteiger partial charge in [-0.25, -0.2) is 13.4 Å². The van der Waals surface area contributed by atoms with E-state index in [-0.39, 0.29) is 18.5 Å². The number of aromatic nitrogens is 2. The van der Waals surface area contributed by atoms with E-state index in [1.165, 1.54) is 10.9 Å². The van der Waals surface area contributed by atoms with Gasteiger partial charge in [-0.3, -0.25) is 14.2 Å². The molecular formula is C22H25N3O5S. The largest absolute Gasteiger partial charge is 0.480 e. The van der Waals surface area contributed by atoms with E-state index in [0.717, 1.165) is 30.0 Å². The predicted molar refractivity (Wildman–Crippen MR) is 121 cm³/mol. The predicted octanol–water partition coefficient (Wildman–Crippen LogP) is 2.41. The molecule has 2 aromatic carbocycles. The van der Waals surface area contributed by atoms with E-state index >= 15 is 0 Å². The van der Waals surface area contributed by atoms with Crippen LogP contribution in [0.1, 0.15) is 13.3 Å². The number of hydrogen-bond donors (Lipinski definition) is 1. The second kappa shape index (κ2) is 8.14. The summed E-state index contributed by atoms with van der Waals surface area (Å²) in [5.74, 6) is -1.44. The van der Waals surface area contributed by atoms with Crippen molar-refractivity contribution in [3.05, 3.63) is 59.1 Å². The van der Waals surface area contributed by atoms with Crippen molar-refractivity contribution >= 4 is 32.4 Å². The lowest BCUT2D eigenvalue weighted by atomic mass is 10.0. The number of rotatable bonds is 7. The molecule has 0 aliphatic rings. The summed E-state index contributed by atoms with van der Waals surface area (Å²) in [4.78, 5) is 30.7. The van der Waals surface area contributed by atoms with Gasteiger partial charge in [-0.05, 0) is 48.7 Å². The molecule has 0 aliphatic carbocycles. The van der Waals surface area contributed by atoms with Crippen molar-refractivity contribution in [3.63, 3.8) is 0 Å². The van der Waals surface area contributed by atoms with Crippen LogP contribution in [0.5, 0.6) is 0 Å². The fraction of sp³-hybridized carbons (Fsp3) is 0.318. The highest BCUT2D eigenvalue weighted by molar-refractivity contribution is 7.92. The quantitative estimate of drug-likeness (QED) is 0.597. The molecule has 0 bridgehead atoms. The van der Waals surface area contributed by atoms with E-state index in [1.54, 1.807) is 6.07 Å². The Morgan fingerprint density at radius 1 is 1.13 bits per heavy atom. The number of benzene rings is 2. The highest BCUT2D eigenvalue weighted by Crippen LogP contribution is 2.25. The van der Waals surface area contributed by atoms with Crippen molar-refractivity contribution in [1.29, 1.82) is 0 Å². The summed E-state index contributed by atoms with van der Waals surface area (Å²) in [5, 5.41) is 9.77. The SMILES string of the molecule is CN(C)c1ccc(-c2ccc3c(=O)n(CCC(C)(C(=O)O)S(C)(=O)=O)cnc3c2)cc1. The molecule has 3 aromatic rings. The Kier molecular flexibility index (Phi) is 5.91. The van der Waals surface area contributed by atoms with Gasteiger partial charge >= 0.3 is 5.97 Å². The summed E-state index contributed by atoms with van der Waals surface area (Å²) in [5.41, 5.74) is 3.15. The van der Waals surface area contributed by atoms with E-state index in [9.17, 15) is 23.1 Å². The van der Waals surface area contributed by atoms with Crippen molar-refractivity contribution in [2.75, 3.05) is 25.3 Å². The van der Waals surface area contributed by atoms with Crippen LogP contribution in [0.4, 0.5) is 5.69 Å². The molecule has 9 heteroatoms. The molecule has 164 valence electrons. The molecule has 0 spiro atoms. The molecule has 0 fully saturated rings. The van der Waals surface area contributed by atoms with Gasteiger partial charge in [-0.1, -0.05) is 18.2 Å². The number of carbonyl (C=O) groups is 1. The Balaban J connectivity index is 1.92. The molecule has 1 unspecified atom stereocenters. The van der Waals surface area contributed by atoms with Crippen LogP contribution in [0.2, 0.25) is 0 Å². The zero-order chi connectivity index (χ0) is 23.0. The molecule has 31 heavy (non-hydrogen) atoms. The zero-order valence-corrected chi connectivity index (χ0v) is 18.7. The molecule has 3 rings (SSSR count). The summed E-state index contributed by atoms with van der Waals surface area (Å²) >= 11 is 0. The van der Waals surface area contributed by atoms with Crippen LogP contribution in [0.25, 0.3) is 22.0 Å². The summed E-state index contributed by atoms with van der Waals surface area (Å²) in [6.07, 6.45) is 1.97. The molecule has 0 amide bonds. The smallest absolute Gasteiger partial charge is 0.324 e. The van der Waals surface area contributed by atoms with Gasteiger partial charge in [0.15, 0.2) is 14.6 Å². The lowest BCUT2D eigenvalue weighted by Crippen LogP contribution is -2.44. The first-order valence-corrected chi connectivity index (χ1v) is 11.5. The number of sulfone groups is 1. The maximum absolute atomic E-state index is 12.9. The number of anilines is 1. The molecule has 0 radical (unpaired) electrons. The number of carboxylic acids is 1. The van der Waals surface area contributed by atoms with Crippen LogP contribution >= 0.6 is 0 Å². The minimum Gasteiger partial charge on any atom is -0.480 e. The maximum atomic E-state index is 12.9. The van der Waals surface area contributed by atoms with Gasteiger partial charge in [0.25, 0.3) is 5.56 Å². The van der Waals surface area contributed by atoms with Crippen molar-refractivity contribution < 1.29 is 18.3 Å². The molecule has 1 heterocycles. The summed E-state index contributed by atoms with van der Waals surface area (Å²) in [6.45, 7) is 1.07. The normalized spacial score (nSPS) is 13.7. The Labute approximate surface area is 180 Å². The van der Waals surface area contributed by atoms with E-state index in [2.05, 4.69) is 4.98 Å². The first-order chi connectivity index (χ1) is 14.4. The Morgan fingerprint density at radius 3 is 2.29 bits per heavy atom. The van der Waals surface area contributed by atoms with E-state index in [4.69, 9.17) is 0 Å². The number of hydrogen-bond acceptors (Lipinski definition) is 6. The fourth-order valence-electron chi connectivity index (χ4n) is 3.23. The van der Waals surface area contributed by atoms with Gasteiger partial charge in [0.05, 0.1) is 17.2 Å². The Hall–Kier alpha value is -3.20. The Morgan fingerprint density at radius 2 is 1.74 bits per heavy atom. The average Bonchev–Trinajstić information content (AvgIpc) is 2.71. The second-order valence-electron chi connectivity index (χ2n) is 7.97. The van der Waals surface area contributed by atoms with E-state index < -0.39 is 20.6 Å². The van der Waals surface area contributed by atoms with E-state index in [0.29, 0.717) is 10.9 Å². The van der Waals surface area contributed by atoms with E-state index in [1.807, 2.05) is 55.4 Å². The van der Waals surface area contributed by atoms with Gasteiger partial charge in [-0.2, -0.15) is 0 Å². The van der Waals surface area contributed by atoms with Crippen LogP contribution in [0.15, 0.2) is 53.6 Å². The highest BCUT2D eigenvalue weighted by Gasteiger charge is 2.43. The first kappa shape index (κ1) is 22.5. The number of aryl methyl sites for hydroxylation is 1. The molecule has 0 saturated heterocycles. The van der Waals surface area contributed by atoms with Crippen molar-refractivity contribution in [2.45, 2.75) is 24.6 Å². The topological polar surface area (TPSA) is 110 Å².